The Morgan fingerprint density at radius 3 is 2.43 bits per heavy atom. The van der Waals surface area contributed by atoms with Gasteiger partial charge in [0.15, 0.2) is 0 Å². The zero-order valence-corrected chi connectivity index (χ0v) is 17.3. The summed E-state index contributed by atoms with van der Waals surface area (Å²) in [5, 5.41) is 10.8. The SMILES string of the molecule is CNC(C)CNC(=O)c1cn(Cc2ccccc2)nc1-c1ccc(C)cc1.Cl. The monoisotopic (exact) mass is 398 g/mol. The Balaban J connectivity index is 0.00000280. The number of aromatic nitrogens is 2. The third kappa shape index (κ3) is 5.44. The second-order valence-corrected chi connectivity index (χ2v) is 6.84. The molecule has 1 amide bonds. The zero-order chi connectivity index (χ0) is 19.2. The average Bonchev–Trinajstić information content (AvgIpc) is 3.11. The lowest BCUT2D eigenvalue weighted by molar-refractivity contribution is 0.0951. The van der Waals surface area contributed by atoms with Gasteiger partial charge in [0, 0.05) is 24.3 Å². The van der Waals surface area contributed by atoms with E-state index in [4.69, 9.17) is 5.10 Å². The standard InChI is InChI=1S/C22H26N4O.ClH/c1-16-9-11-19(12-10-16)21-20(22(27)24-13-17(2)23-3)15-26(25-21)14-18-7-5-4-6-8-18;/h4-12,15,17,23H,13-14H2,1-3H3,(H,24,27);1H. The first-order valence-electron chi connectivity index (χ1n) is 9.20. The smallest absolute Gasteiger partial charge is 0.255 e. The van der Waals surface area contributed by atoms with Crippen molar-refractivity contribution >= 4 is 18.3 Å². The topological polar surface area (TPSA) is 58.9 Å². The Morgan fingerprint density at radius 2 is 1.79 bits per heavy atom. The predicted octanol–water partition coefficient (Wildman–Crippen LogP) is 3.67. The molecule has 0 fully saturated rings. The van der Waals surface area contributed by atoms with Crippen LogP contribution < -0.4 is 10.6 Å². The first kappa shape index (κ1) is 21.7. The van der Waals surface area contributed by atoms with Crippen molar-refractivity contribution in [3.8, 4) is 11.3 Å². The molecule has 1 aromatic heterocycles. The molecule has 2 aromatic carbocycles. The lowest BCUT2D eigenvalue weighted by Gasteiger charge is -2.11. The fourth-order valence-corrected chi connectivity index (χ4v) is 2.81. The van der Waals surface area contributed by atoms with Gasteiger partial charge in [-0.05, 0) is 26.5 Å². The molecule has 0 aliphatic heterocycles. The lowest BCUT2D eigenvalue weighted by atomic mass is 10.1. The minimum Gasteiger partial charge on any atom is -0.350 e. The van der Waals surface area contributed by atoms with Crippen molar-refractivity contribution in [1.82, 2.24) is 20.4 Å². The number of hydrogen-bond donors (Lipinski definition) is 2. The highest BCUT2D eigenvalue weighted by atomic mass is 35.5. The van der Waals surface area contributed by atoms with Crippen molar-refractivity contribution < 1.29 is 4.79 Å². The van der Waals surface area contributed by atoms with E-state index in [1.165, 1.54) is 5.56 Å². The third-order valence-corrected chi connectivity index (χ3v) is 4.58. The van der Waals surface area contributed by atoms with Crippen LogP contribution in [0.1, 0.15) is 28.4 Å². The molecule has 148 valence electrons. The van der Waals surface area contributed by atoms with Crippen molar-refractivity contribution in [3.05, 3.63) is 77.5 Å². The summed E-state index contributed by atoms with van der Waals surface area (Å²) in [6.45, 7) is 5.26. The first-order valence-corrected chi connectivity index (χ1v) is 9.20. The number of halogens is 1. The number of hydrogen-bond acceptors (Lipinski definition) is 3. The minimum atomic E-state index is -0.105. The van der Waals surface area contributed by atoms with Gasteiger partial charge in [-0.25, -0.2) is 0 Å². The van der Waals surface area contributed by atoms with E-state index in [9.17, 15) is 4.79 Å². The second kappa shape index (κ2) is 10.1. The summed E-state index contributed by atoms with van der Waals surface area (Å²) < 4.78 is 1.83. The van der Waals surface area contributed by atoms with E-state index >= 15 is 0 Å². The molecule has 0 bridgehead atoms. The van der Waals surface area contributed by atoms with Gasteiger partial charge in [-0.3, -0.25) is 9.48 Å². The van der Waals surface area contributed by atoms with Crippen LogP contribution in [0.2, 0.25) is 0 Å². The van der Waals surface area contributed by atoms with Crippen LogP contribution in [0.3, 0.4) is 0 Å². The van der Waals surface area contributed by atoms with Gasteiger partial charge in [0.05, 0.1) is 12.1 Å². The fourth-order valence-electron chi connectivity index (χ4n) is 2.81. The van der Waals surface area contributed by atoms with E-state index in [2.05, 4.69) is 22.8 Å². The largest absolute Gasteiger partial charge is 0.350 e. The van der Waals surface area contributed by atoms with Crippen LogP contribution in [0, 0.1) is 6.92 Å². The number of carbonyl (C=O) groups excluding carboxylic acids is 1. The molecule has 0 saturated carbocycles. The number of amides is 1. The molecule has 1 unspecified atom stereocenters. The number of nitrogens with zero attached hydrogens (tertiary/aromatic N) is 2. The number of likely N-dealkylation sites (N-methyl/N-ethyl adjacent to an activating group) is 1. The van der Waals surface area contributed by atoms with E-state index < -0.39 is 0 Å². The molecule has 2 N–H and O–H groups in total. The molecule has 5 nitrogen and oxygen atoms in total. The summed E-state index contributed by atoms with van der Waals surface area (Å²) in [4.78, 5) is 12.8. The van der Waals surface area contributed by atoms with Crippen molar-refractivity contribution in [2.45, 2.75) is 26.4 Å². The summed E-state index contributed by atoms with van der Waals surface area (Å²) in [6.07, 6.45) is 1.83. The summed E-state index contributed by atoms with van der Waals surface area (Å²) >= 11 is 0. The summed E-state index contributed by atoms with van der Waals surface area (Å²) in [5.74, 6) is -0.105. The van der Waals surface area contributed by atoms with Gasteiger partial charge in [0.25, 0.3) is 5.91 Å². The fraction of sp³-hybridized carbons (Fsp3) is 0.273. The molecular formula is C22H27ClN4O. The van der Waals surface area contributed by atoms with E-state index in [-0.39, 0.29) is 24.4 Å². The maximum atomic E-state index is 12.8. The number of nitrogens with one attached hydrogen (secondary N) is 2. The Morgan fingerprint density at radius 1 is 1.11 bits per heavy atom. The van der Waals surface area contributed by atoms with Crippen molar-refractivity contribution in [2.24, 2.45) is 0 Å². The number of aryl methyl sites for hydroxylation is 1. The highest BCUT2D eigenvalue weighted by Gasteiger charge is 2.18. The molecule has 0 radical (unpaired) electrons. The second-order valence-electron chi connectivity index (χ2n) is 6.84. The number of carbonyl (C=O) groups is 1. The minimum absolute atomic E-state index is 0. The van der Waals surface area contributed by atoms with E-state index in [0.717, 1.165) is 11.1 Å². The summed E-state index contributed by atoms with van der Waals surface area (Å²) in [7, 11) is 1.88. The first-order chi connectivity index (χ1) is 13.1. The molecular weight excluding hydrogens is 372 g/mol. The molecule has 0 spiro atoms. The summed E-state index contributed by atoms with van der Waals surface area (Å²) in [5.41, 5.74) is 4.57. The lowest BCUT2D eigenvalue weighted by Crippen LogP contribution is -2.37. The van der Waals surface area contributed by atoms with Crippen molar-refractivity contribution in [2.75, 3.05) is 13.6 Å². The van der Waals surface area contributed by atoms with Crippen LogP contribution in [-0.2, 0) is 6.54 Å². The van der Waals surface area contributed by atoms with Gasteiger partial charge in [-0.15, -0.1) is 12.4 Å². The number of rotatable bonds is 7. The van der Waals surface area contributed by atoms with E-state index in [1.54, 1.807) is 0 Å². The Labute approximate surface area is 172 Å². The van der Waals surface area contributed by atoms with Crippen LogP contribution in [-0.4, -0.2) is 35.3 Å². The normalized spacial score (nSPS) is 11.5. The van der Waals surface area contributed by atoms with Crippen molar-refractivity contribution in [3.63, 3.8) is 0 Å². The molecule has 0 aliphatic rings. The van der Waals surface area contributed by atoms with Crippen molar-refractivity contribution in [1.29, 1.82) is 0 Å². The van der Waals surface area contributed by atoms with Gasteiger partial charge in [-0.1, -0.05) is 60.2 Å². The van der Waals surface area contributed by atoms with Gasteiger partial charge in [-0.2, -0.15) is 5.10 Å². The van der Waals surface area contributed by atoms with Crippen LogP contribution in [0.15, 0.2) is 60.8 Å². The molecule has 6 heteroatoms. The van der Waals surface area contributed by atoms with Gasteiger partial charge in [0.1, 0.15) is 5.69 Å². The van der Waals surface area contributed by atoms with Crippen LogP contribution in [0.4, 0.5) is 0 Å². The van der Waals surface area contributed by atoms with Crippen LogP contribution >= 0.6 is 12.4 Å². The quantitative estimate of drug-likeness (QED) is 0.638. The predicted molar refractivity (Wildman–Crippen MR) is 116 cm³/mol. The maximum absolute atomic E-state index is 12.8. The van der Waals surface area contributed by atoms with Gasteiger partial charge in [0.2, 0.25) is 0 Å². The highest BCUT2D eigenvalue weighted by Crippen LogP contribution is 2.23. The average molecular weight is 399 g/mol. The number of benzene rings is 2. The molecule has 28 heavy (non-hydrogen) atoms. The molecule has 0 saturated heterocycles. The van der Waals surface area contributed by atoms with Gasteiger partial charge >= 0.3 is 0 Å². The Hall–Kier alpha value is -2.63. The summed E-state index contributed by atoms with van der Waals surface area (Å²) in [6, 6.07) is 18.4. The van der Waals surface area contributed by atoms with Crippen LogP contribution in [0.5, 0.6) is 0 Å². The zero-order valence-electron chi connectivity index (χ0n) is 16.5. The molecule has 1 atom stereocenters. The maximum Gasteiger partial charge on any atom is 0.255 e. The highest BCUT2D eigenvalue weighted by molar-refractivity contribution is 5.99. The molecule has 1 heterocycles. The Bertz CT molecular complexity index is 891. The van der Waals surface area contributed by atoms with E-state index in [0.29, 0.717) is 24.3 Å². The Kier molecular flexibility index (Phi) is 7.79. The van der Waals surface area contributed by atoms with Crippen LogP contribution in [0.25, 0.3) is 11.3 Å². The molecule has 3 rings (SSSR count). The molecule has 3 aromatic rings. The van der Waals surface area contributed by atoms with Gasteiger partial charge < -0.3 is 10.6 Å². The van der Waals surface area contributed by atoms with E-state index in [1.807, 2.05) is 74.2 Å². The molecule has 0 aliphatic carbocycles. The third-order valence-electron chi connectivity index (χ3n) is 4.58.